The average molecular weight is 292 g/mol. The molecule has 1 rings (SSSR count). The van der Waals surface area contributed by atoms with Gasteiger partial charge in [-0.15, -0.1) is 0 Å². The molecule has 0 saturated heterocycles. The maximum Gasteiger partial charge on any atom is 0.305 e. The van der Waals surface area contributed by atoms with Gasteiger partial charge in [0.1, 0.15) is 0 Å². The minimum absolute atomic E-state index is 0.0645. The molecule has 116 valence electrons. The molecule has 0 aliphatic rings. The molecule has 1 amide bonds. The molecule has 0 radical (unpaired) electrons. The highest BCUT2D eigenvalue weighted by molar-refractivity contribution is 5.82. The predicted octanol–water partition coefficient (Wildman–Crippen LogP) is 1.66. The minimum Gasteiger partial charge on any atom is -0.481 e. The summed E-state index contributed by atoms with van der Waals surface area (Å²) in [6.07, 6.45) is 1.22. The monoisotopic (exact) mass is 292 g/mol. The Morgan fingerprint density at radius 2 is 1.90 bits per heavy atom. The van der Waals surface area contributed by atoms with Crippen molar-refractivity contribution in [2.24, 2.45) is 5.73 Å². The maximum atomic E-state index is 12.3. The Hall–Kier alpha value is -1.88. The molecular weight excluding hydrogens is 268 g/mol. The lowest BCUT2D eigenvalue weighted by molar-refractivity contribution is -0.140. The van der Waals surface area contributed by atoms with E-state index >= 15 is 0 Å². The van der Waals surface area contributed by atoms with Gasteiger partial charge < -0.3 is 15.7 Å². The minimum atomic E-state index is -0.911. The van der Waals surface area contributed by atoms with Gasteiger partial charge in [0.2, 0.25) is 5.91 Å². The number of rotatable bonds is 8. The molecule has 0 aliphatic heterocycles. The van der Waals surface area contributed by atoms with Gasteiger partial charge in [-0.25, -0.2) is 0 Å². The first-order valence-corrected chi connectivity index (χ1v) is 7.27. The average Bonchev–Trinajstić information content (AvgIpc) is 2.45. The van der Waals surface area contributed by atoms with E-state index in [1.807, 2.05) is 37.3 Å². The molecule has 1 aromatic rings. The summed E-state index contributed by atoms with van der Waals surface area (Å²) in [6, 6.07) is 8.92. The van der Waals surface area contributed by atoms with Crippen LogP contribution in [0.1, 0.15) is 32.3 Å². The summed E-state index contributed by atoms with van der Waals surface area (Å²) in [5.41, 5.74) is 7.11. The van der Waals surface area contributed by atoms with Crippen LogP contribution in [0, 0.1) is 0 Å². The van der Waals surface area contributed by atoms with Crippen LogP contribution in [-0.4, -0.2) is 40.5 Å². The van der Waals surface area contributed by atoms with Crippen molar-refractivity contribution < 1.29 is 14.7 Å². The van der Waals surface area contributed by atoms with Gasteiger partial charge in [0.15, 0.2) is 0 Å². The Morgan fingerprint density at radius 1 is 1.29 bits per heavy atom. The van der Waals surface area contributed by atoms with Crippen molar-refractivity contribution in [1.82, 2.24) is 4.90 Å². The smallest absolute Gasteiger partial charge is 0.305 e. The van der Waals surface area contributed by atoms with E-state index in [0.29, 0.717) is 13.0 Å². The van der Waals surface area contributed by atoms with Crippen LogP contribution in [0.15, 0.2) is 30.3 Å². The molecule has 0 bridgehead atoms. The zero-order chi connectivity index (χ0) is 15.8. The van der Waals surface area contributed by atoms with E-state index in [2.05, 4.69) is 0 Å². The lowest BCUT2D eigenvalue weighted by atomic mass is 10.0. The molecule has 21 heavy (non-hydrogen) atoms. The van der Waals surface area contributed by atoms with Crippen LogP contribution < -0.4 is 5.73 Å². The Labute approximate surface area is 125 Å². The van der Waals surface area contributed by atoms with E-state index in [4.69, 9.17) is 10.8 Å². The number of nitrogens with zero attached hydrogens (tertiary/aromatic N) is 1. The molecular formula is C16H24N2O3. The summed E-state index contributed by atoms with van der Waals surface area (Å²) in [4.78, 5) is 24.6. The third-order valence-electron chi connectivity index (χ3n) is 3.53. The summed E-state index contributed by atoms with van der Waals surface area (Å²) in [6.45, 7) is 4.03. The van der Waals surface area contributed by atoms with Crippen molar-refractivity contribution in [3.63, 3.8) is 0 Å². The number of likely N-dealkylation sites (N-methyl/N-ethyl adjacent to an activating group) is 1. The molecule has 2 unspecified atom stereocenters. The molecule has 5 heteroatoms. The first-order valence-electron chi connectivity index (χ1n) is 7.27. The summed E-state index contributed by atoms with van der Waals surface area (Å²) >= 11 is 0. The second-order valence-corrected chi connectivity index (χ2v) is 5.20. The molecule has 0 heterocycles. The van der Waals surface area contributed by atoms with Crippen molar-refractivity contribution in [2.45, 2.75) is 45.2 Å². The molecule has 3 N–H and O–H groups in total. The highest BCUT2D eigenvalue weighted by atomic mass is 16.4. The van der Waals surface area contributed by atoms with Crippen molar-refractivity contribution in [3.8, 4) is 0 Å². The molecule has 0 aliphatic carbocycles. The summed E-state index contributed by atoms with van der Waals surface area (Å²) in [7, 11) is 0. The fourth-order valence-electron chi connectivity index (χ4n) is 2.35. The van der Waals surface area contributed by atoms with Gasteiger partial charge in [0.05, 0.1) is 12.5 Å². The molecule has 0 spiro atoms. The third kappa shape index (κ3) is 5.55. The molecule has 2 atom stereocenters. The Morgan fingerprint density at radius 3 is 2.43 bits per heavy atom. The van der Waals surface area contributed by atoms with Crippen LogP contribution in [0.5, 0.6) is 0 Å². The number of carbonyl (C=O) groups is 2. The third-order valence-corrected chi connectivity index (χ3v) is 3.53. The Bertz CT molecular complexity index is 462. The van der Waals surface area contributed by atoms with Crippen molar-refractivity contribution in [1.29, 1.82) is 0 Å². The van der Waals surface area contributed by atoms with E-state index in [9.17, 15) is 9.59 Å². The highest BCUT2D eigenvalue weighted by Crippen LogP contribution is 2.10. The van der Waals surface area contributed by atoms with Gasteiger partial charge in [0, 0.05) is 12.6 Å². The van der Waals surface area contributed by atoms with Crippen LogP contribution in [0.3, 0.4) is 0 Å². The molecule has 0 saturated carbocycles. The van der Waals surface area contributed by atoms with Crippen LogP contribution >= 0.6 is 0 Å². The van der Waals surface area contributed by atoms with E-state index < -0.39 is 12.0 Å². The van der Waals surface area contributed by atoms with Crippen LogP contribution in [0.25, 0.3) is 0 Å². The fourth-order valence-corrected chi connectivity index (χ4v) is 2.35. The van der Waals surface area contributed by atoms with Gasteiger partial charge in [-0.3, -0.25) is 9.59 Å². The van der Waals surface area contributed by atoms with Crippen LogP contribution in [-0.2, 0) is 16.0 Å². The topological polar surface area (TPSA) is 83.6 Å². The first-order chi connectivity index (χ1) is 9.95. The second-order valence-electron chi connectivity index (χ2n) is 5.20. The maximum absolute atomic E-state index is 12.3. The lowest BCUT2D eigenvalue weighted by Gasteiger charge is -2.29. The zero-order valence-electron chi connectivity index (χ0n) is 12.7. The molecule has 0 fully saturated rings. The van der Waals surface area contributed by atoms with E-state index in [1.165, 1.54) is 0 Å². The second kappa shape index (κ2) is 8.42. The van der Waals surface area contributed by atoms with Crippen LogP contribution in [0.4, 0.5) is 0 Å². The summed E-state index contributed by atoms with van der Waals surface area (Å²) in [5.74, 6) is -1.09. The molecule has 1 aromatic carbocycles. The molecule has 0 aromatic heterocycles. The number of carbonyl (C=O) groups excluding carboxylic acids is 1. The van der Waals surface area contributed by atoms with Gasteiger partial charge in [-0.1, -0.05) is 30.3 Å². The largest absolute Gasteiger partial charge is 0.481 e. The van der Waals surface area contributed by atoms with Gasteiger partial charge in [-0.2, -0.15) is 0 Å². The number of hydrogen-bond acceptors (Lipinski definition) is 3. The predicted molar refractivity (Wildman–Crippen MR) is 81.8 cm³/mol. The van der Waals surface area contributed by atoms with Crippen molar-refractivity contribution in [2.75, 3.05) is 6.54 Å². The Kier molecular flexibility index (Phi) is 6.88. The number of benzene rings is 1. The quantitative estimate of drug-likeness (QED) is 0.763. The highest BCUT2D eigenvalue weighted by Gasteiger charge is 2.25. The number of amides is 1. The SMILES string of the molecule is CCN(C(=O)C(N)CCc1ccccc1)C(C)CC(=O)O. The number of aryl methyl sites for hydroxylation is 1. The number of carboxylic acids is 1. The fraction of sp³-hybridized carbons (Fsp3) is 0.500. The summed E-state index contributed by atoms with van der Waals surface area (Å²) in [5, 5.41) is 8.83. The van der Waals surface area contributed by atoms with E-state index in [1.54, 1.807) is 11.8 Å². The Balaban J connectivity index is 2.56. The van der Waals surface area contributed by atoms with Crippen molar-refractivity contribution in [3.05, 3.63) is 35.9 Å². The standard InChI is InChI=1S/C16H24N2O3/c1-3-18(12(2)11-15(19)20)16(21)14(17)10-9-13-7-5-4-6-8-13/h4-8,12,14H,3,9-11,17H2,1-2H3,(H,19,20). The van der Waals surface area contributed by atoms with Gasteiger partial charge in [-0.05, 0) is 32.3 Å². The first kappa shape index (κ1) is 17.2. The normalized spacial score (nSPS) is 13.5. The summed E-state index contributed by atoms with van der Waals surface area (Å²) < 4.78 is 0. The number of carboxylic acid groups (broad SMARTS) is 1. The lowest BCUT2D eigenvalue weighted by Crippen LogP contribution is -2.48. The van der Waals surface area contributed by atoms with E-state index in [0.717, 1.165) is 12.0 Å². The van der Waals surface area contributed by atoms with E-state index in [-0.39, 0.29) is 18.4 Å². The number of nitrogens with two attached hydrogens (primary N) is 1. The number of aliphatic carboxylic acids is 1. The zero-order valence-corrected chi connectivity index (χ0v) is 12.7. The molecule has 5 nitrogen and oxygen atoms in total. The van der Waals surface area contributed by atoms with Gasteiger partial charge >= 0.3 is 5.97 Å². The van der Waals surface area contributed by atoms with Crippen LogP contribution in [0.2, 0.25) is 0 Å². The van der Waals surface area contributed by atoms with Crippen molar-refractivity contribution >= 4 is 11.9 Å². The number of hydrogen-bond donors (Lipinski definition) is 2. The van der Waals surface area contributed by atoms with Gasteiger partial charge in [0.25, 0.3) is 0 Å².